The molecule has 0 radical (unpaired) electrons. The second-order valence-electron chi connectivity index (χ2n) is 7.48. The van der Waals surface area contributed by atoms with Gasteiger partial charge in [0.15, 0.2) is 6.23 Å². The van der Waals surface area contributed by atoms with Crippen LogP contribution in [0.2, 0.25) is 0 Å². The quantitative estimate of drug-likeness (QED) is 0.475. The number of nitrogens with one attached hydrogen (secondary N) is 1. The minimum Gasteiger partial charge on any atom is -0.496 e. The van der Waals surface area contributed by atoms with E-state index in [1.807, 2.05) is 67.6 Å². The molecule has 1 aliphatic heterocycles. The van der Waals surface area contributed by atoms with Gasteiger partial charge in [-0.25, -0.2) is 4.79 Å². The number of hydrogen-bond donors (Lipinski definition) is 2. The number of hydrogen-bond acceptors (Lipinski definition) is 6. The van der Waals surface area contributed by atoms with Crippen molar-refractivity contribution in [3.63, 3.8) is 0 Å². The van der Waals surface area contributed by atoms with Crippen LogP contribution in [0.25, 0.3) is 0 Å². The Bertz CT molecular complexity index is 1110. The maximum atomic E-state index is 11.2. The van der Waals surface area contributed by atoms with Crippen molar-refractivity contribution in [2.45, 2.75) is 25.5 Å². The Morgan fingerprint density at radius 1 is 0.969 bits per heavy atom. The Kier molecular flexibility index (Phi) is 6.07. The van der Waals surface area contributed by atoms with Gasteiger partial charge in [0.25, 0.3) is 0 Å². The molecule has 0 saturated heterocycles. The maximum absolute atomic E-state index is 11.2. The molecule has 0 aromatic heterocycles. The molecule has 1 aliphatic rings. The Balaban J connectivity index is 1.78. The summed E-state index contributed by atoms with van der Waals surface area (Å²) in [5.41, 5.74) is 3.54. The summed E-state index contributed by atoms with van der Waals surface area (Å²) in [7, 11) is 3.23. The van der Waals surface area contributed by atoms with Gasteiger partial charge < -0.3 is 29.4 Å². The third-order valence-corrected chi connectivity index (χ3v) is 5.57. The lowest BCUT2D eigenvalue weighted by Crippen LogP contribution is -2.32. The van der Waals surface area contributed by atoms with Crippen LogP contribution >= 0.6 is 0 Å². The molecule has 2 atom stereocenters. The summed E-state index contributed by atoms with van der Waals surface area (Å²) >= 11 is 0. The summed E-state index contributed by atoms with van der Waals surface area (Å²) in [5, 5.41) is 12.3. The van der Waals surface area contributed by atoms with Gasteiger partial charge in [-0.05, 0) is 48.9 Å². The van der Waals surface area contributed by atoms with E-state index in [2.05, 4.69) is 5.32 Å². The van der Waals surface area contributed by atoms with Gasteiger partial charge in [0, 0.05) is 29.2 Å². The van der Waals surface area contributed by atoms with Crippen molar-refractivity contribution in [2.24, 2.45) is 0 Å². The fraction of sp³-hybridized carbons (Fsp3) is 0.240. The third-order valence-electron chi connectivity index (χ3n) is 5.57. The Labute approximate surface area is 186 Å². The number of para-hydroxylation sites is 1. The summed E-state index contributed by atoms with van der Waals surface area (Å²) in [5.74, 6) is 2.65. The first-order valence-corrected chi connectivity index (χ1v) is 10.2. The highest BCUT2D eigenvalue weighted by molar-refractivity contribution is 5.64. The molecule has 0 amide bonds. The Morgan fingerprint density at radius 3 is 2.44 bits per heavy atom. The minimum absolute atomic E-state index is 0.186. The van der Waals surface area contributed by atoms with E-state index in [0.29, 0.717) is 17.9 Å². The highest BCUT2D eigenvalue weighted by Gasteiger charge is 2.33. The first-order valence-electron chi connectivity index (χ1n) is 10.2. The fourth-order valence-corrected chi connectivity index (χ4v) is 4.18. The Hall–Kier alpha value is -3.87. The Morgan fingerprint density at radius 2 is 1.75 bits per heavy atom. The van der Waals surface area contributed by atoms with Crippen molar-refractivity contribution in [1.29, 1.82) is 0 Å². The maximum Gasteiger partial charge on any atom is 0.507 e. The van der Waals surface area contributed by atoms with E-state index in [0.717, 1.165) is 33.9 Å². The van der Waals surface area contributed by atoms with Crippen molar-refractivity contribution >= 4 is 11.8 Å². The zero-order valence-corrected chi connectivity index (χ0v) is 18.1. The molecule has 166 valence electrons. The standard InChI is InChI=1S/C25H25NO6/c1-15-22(29-2)12-10-18(24(15)30-3)19-14-23(32-25(27)28)26-21-11-9-17(13-20(19)21)31-16-7-5-4-6-8-16/h4-13,19,23,26H,14H2,1-3H3,(H,27,28). The van der Waals surface area contributed by atoms with Gasteiger partial charge in [0.2, 0.25) is 0 Å². The zero-order valence-electron chi connectivity index (χ0n) is 18.1. The molecule has 0 fully saturated rings. The van der Waals surface area contributed by atoms with Crippen LogP contribution < -0.4 is 19.5 Å². The van der Waals surface area contributed by atoms with Crippen molar-refractivity contribution in [3.8, 4) is 23.0 Å². The lowest BCUT2D eigenvalue weighted by Gasteiger charge is -2.33. The van der Waals surface area contributed by atoms with Gasteiger partial charge in [0.1, 0.15) is 23.0 Å². The first-order chi connectivity index (χ1) is 15.5. The van der Waals surface area contributed by atoms with E-state index in [9.17, 15) is 4.79 Å². The molecule has 4 rings (SSSR count). The van der Waals surface area contributed by atoms with Crippen molar-refractivity contribution in [3.05, 3.63) is 77.4 Å². The molecule has 32 heavy (non-hydrogen) atoms. The number of anilines is 1. The lowest BCUT2D eigenvalue weighted by molar-refractivity contribution is 0.0561. The highest BCUT2D eigenvalue weighted by atomic mass is 16.7. The third kappa shape index (κ3) is 4.27. The van der Waals surface area contributed by atoms with Crippen LogP contribution in [0.1, 0.15) is 29.0 Å². The van der Waals surface area contributed by atoms with E-state index in [-0.39, 0.29) is 5.92 Å². The van der Waals surface area contributed by atoms with Gasteiger partial charge >= 0.3 is 6.16 Å². The summed E-state index contributed by atoms with van der Waals surface area (Å²) in [6, 6.07) is 19.1. The van der Waals surface area contributed by atoms with Crippen LogP contribution in [0, 0.1) is 6.92 Å². The second-order valence-corrected chi connectivity index (χ2v) is 7.48. The normalized spacial score (nSPS) is 17.0. The van der Waals surface area contributed by atoms with E-state index in [1.54, 1.807) is 14.2 Å². The van der Waals surface area contributed by atoms with Crippen LogP contribution in [0.4, 0.5) is 10.5 Å². The van der Waals surface area contributed by atoms with Crippen LogP contribution in [0.15, 0.2) is 60.7 Å². The van der Waals surface area contributed by atoms with E-state index in [1.165, 1.54) is 0 Å². The van der Waals surface area contributed by atoms with Gasteiger partial charge in [-0.1, -0.05) is 24.3 Å². The first kappa shape index (κ1) is 21.4. The number of ether oxygens (including phenoxy) is 4. The lowest BCUT2D eigenvalue weighted by atomic mass is 9.83. The fourth-order valence-electron chi connectivity index (χ4n) is 4.18. The summed E-state index contributed by atoms with van der Waals surface area (Å²) in [6.07, 6.45) is -1.62. The van der Waals surface area contributed by atoms with Crippen molar-refractivity contribution < 1.29 is 28.8 Å². The van der Waals surface area contributed by atoms with Gasteiger partial charge in [-0.2, -0.15) is 0 Å². The molecule has 0 aliphatic carbocycles. The summed E-state index contributed by atoms with van der Waals surface area (Å²) in [4.78, 5) is 11.2. The van der Waals surface area contributed by atoms with Crippen LogP contribution in [-0.2, 0) is 4.74 Å². The van der Waals surface area contributed by atoms with Gasteiger partial charge in [-0.3, -0.25) is 0 Å². The minimum atomic E-state index is -1.33. The van der Waals surface area contributed by atoms with Crippen molar-refractivity contribution in [2.75, 3.05) is 19.5 Å². The smallest absolute Gasteiger partial charge is 0.496 e. The molecule has 3 aromatic rings. The molecular formula is C25H25NO6. The van der Waals surface area contributed by atoms with E-state index in [4.69, 9.17) is 24.1 Å². The molecular weight excluding hydrogens is 410 g/mol. The number of methoxy groups -OCH3 is 2. The zero-order chi connectivity index (χ0) is 22.7. The average molecular weight is 435 g/mol. The number of rotatable bonds is 6. The number of fused-ring (bicyclic) bond motifs is 1. The predicted octanol–water partition coefficient (Wildman–Crippen LogP) is 5.77. The number of benzene rings is 3. The van der Waals surface area contributed by atoms with Crippen LogP contribution in [-0.4, -0.2) is 31.7 Å². The molecule has 3 aromatic carbocycles. The molecule has 2 unspecified atom stereocenters. The molecule has 0 bridgehead atoms. The molecule has 7 nitrogen and oxygen atoms in total. The summed E-state index contributed by atoms with van der Waals surface area (Å²) < 4.78 is 22.3. The number of carboxylic acid groups (broad SMARTS) is 1. The van der Waals surface area contributed by atoms with Gasteiger partial charge in [0.05, 0.1) is 14.2 Å². The topological polar surface area (TPSA) is 86.3 Å². The predicted molar refractivity (Wildman–Crippen MR) is 120 cm³/mol. The second kappa shape index (κ2) is 9.09. The van der Waals surface area contributed by atoms with Gasteiger partial charge in [-0.15, -0.1) is 0 Å². The monoisotopic (exact) mass is 435 g/mol. The molecule has 2 N–H and O–H groups in total. The molecule has 1 heterocycles. The summed E-state index contributed by atoms with van der Waals surface area (Å²) in [6.45, 7) is 1.93. The average Bonchev–Trinajstić information content (AvgIpc) is 2.79. The molecule has 7 heteroatoms. The van der Waals surface area contributed by atoms with Crippen molar-refractivity contribution in [1.82, 2.24) is 0 Å². The SMILES string of the molecule is COc1ccc(C2CC(OC(=O)O)Nc3ccc(Oc4ccccc4)cc32)c(OC)c1C. The molecule has 0 spiro atoms. The highest BCUT2D eigenvalue weighted by Crippen LogP contribution is 2.46. The van der Waals surface area contributed by atoms with E-state index < -0.39 is 12.4 Å². The largest absolute Gasteiger partial charge is 0.507 e. The number of carbonyl (C=O) groups is 1. The van der Waals surface area contributed by atoms with E-state index >= 15 is 0 Å². The van der Waals surface area contributed by atoms with Crippen LogP contribution in [0.3, 0.4) is 0 Å². The van der Waals surface area contributed by atoms with Crippen LogP contribution in [0.5, 0.6) is 23.0 Å². The molecule has 0 saturated carbocycles.